The van der Waals surface area contributed by atoms with Crippen molar-refractivity contribution < 1.29 is 0 Å². The second-order valence-electron chi connectivity index (χ2n) is 5.81. The van der Waals surface area contributed by atoms with Crippen LogP contribution in [0.15, 0.2) is 24.3 Å². The molecule has 0 saturated heterocycles. The number of hydrogen-bond acceptors (Lipinski definition) is 1. The molecule has 1 aliphatic carbocycles. The predicted molar refractivity (Wildman–Crippen MR) is 79.1 cm³/mol. The average molecular weight is 266 g/mol. The van der Waals surface area contributed by atoms with Crippen LogP contribution in [0.4, 0.5) is 0 Å². The Morgan fingerprint density at radius 3 is 2.56 bits per heavy atom. The van der Waals surface area contributed by atoms with E-state index in [9.17, 15) is 0 Å². The fourth-order valence-electron chi connectivity index (χ4n) is 2.65. The minimum Gasteiger partial charge on any atom is -0.314 e. The predicted octanol–water partition coefficient (Wildman–Crippen LogP) is 4.30. The Labute approximate surface area is 116 Å². The zero-order valence-electron chi connectivity index (χ0n) is 11.5. The van der Waals surface area contributed by atoms with Crippen LogP contribution in [0.1, 0.15) is 38.7 Å². The van der Waals surface area contributed by atoms with Gasteiger partial charge in [-0.05, 0) is 36.4 Å². The van der Waals surface area contributed by atoms with Crippen LogP contribution in [0.5, 0.6) is 0 Å². The molecule has 1 atom stereocenters. The first-order chi connectivity index (χ1) is 8.66. The summed E-state index contributed by atoms with van der Waals surface area (Å²) in [4.78, 5) is 0. The van der Waals surface area contributed by atoms with E-state index in [4.69, 9.17) is 11.6 Å². The van der Waals surface area contributed by atoms with E-state index < -0.39 is 0 Å². The second-order valence-corrected chi connectivity index (χ2v) is 6.22. The lowest BCUT2D eigenvalue weighted by atomic mass is 9.73. The molecule has 0 radical (unpaired) electrons. The molecule has 1 aromatic carbocycles. The molecule has 0 aliphatic heterocycles. The molecule has 0 spiro atoms. The molecule has 1 saturated carbocycles. The molecular formula is C16H24ClN. The summed E-state index contributed by atoms with van der Waals surface area (Å²) in [6.45, 7) is 5.55. The van der Waals surface area contributed by atoms with Gasteiger partial charge in [-0.15, -0.1) is 0 Å². The lowest BCUT2D eigenvalue weighted by Gasteiger charge is -2.35. The quantitative estimate of drug-likeness (QED) is 0.809. The number of hydrogen-bond donors (Lipinski definition) is 1. The van der Waals surface area contributed by atoms with E-state index in [0.717, 1.165) is 29.8 Å². The van der Waals surface area contributed by atoms with Crippen LogP contribution in [-0.4, -0.2) is 12.6 Å². The lowest BCUT2D eigenvalue weighted by molar-refractivity contribution is 0.197. The van der Waals surface area contributed by atoms with E-state index >= 15 is 0 Å². The minimum absolute atomic E-state index is 0.568. The Balaban J connectivity index is 1.98. The fourth-order valence-corrected chi connectivity index (χ4v) is 2.86. The molecule has 2 rings (SSSR count). The SMILES string of the molecule is CC(C)NCC(Cc1ccccc1Cl)C1CCC1. The van der Waals surface area contributed by atoms with Gasteiger partial charge in [-0.2, -0.15) is 0 Å². The van der Waals surface area contributed by atoms with Crippen LogP contribution in [0.3, 0.4) is 0 Å². The third-order valence-corrected chi connectivity index (χ3v) is 4.41. The molecule has 0 aromatic heterocycles. The van der Waals surface area contributed by atoms with Crippen molar-refractivity contribution in [2.24, 2.45) is 11.8 Å². The first-order valence-electron chi connectivity index (χ1n) is 7.13. The highest BCUT2D eigenvalue weighted by Crippen LogP contribution is 2.35. The maximum absolute atomic E-state index is 6.28. The summed E-state index contributed by atoms with van der Waals surface area (Å²) in [5.74, 6) is 1.63. The van der Waals surface area contributed by atoms with Crippen LogP contribution < -0.4 is 5.32 Å². The molecule has 0 bridgehead atoms. The van der Waals surface area contributed by atoms with Crippen molar-refractivity contribution in [2.75, 3.05) is 6.54 Å². The molecule has 1 fully saturated rings. The number of halogens is 1. The summed E-state index contributed by atoms with van der Waals surface area (Å²) < 4.78 is 0. The Morgan fingerprint density at radius 2 is 2.00 bits per heavy atom. The summed E-state index contributed by atoms with van der Waals surface area (Å²) in [7, 11) is 0. The van der Waals surface area contributed by atoms with Crippen molar-refractivity contribution in [3.05, 3.63) is 34.9 Å². The Kier molecular flexibility index (Phi) is 5.08. The van der Waals surface area contributed by atoms with E-state index in [1.54, 1.807) is 0 Å². The van der Waals surface area contributed by atoms with Crippen LogP contribution >= 0.6 is 11.6 Å². The normalized spacial score (nSPS) is 17.8. The Bertz CT molecular complexity index is 371. The van der Waals surface area contributed by atoms with Crippen LogP contribution in [0, 0.1) is 11.8 Å². The zero-order chi connectivity index (χ0) is 13.0. The van der Waals surface area contributed by atoms with Crippen molar-refractivity contribution in [3.8, 4) is 0 Å². The molecule has 100 valence electrons. The van der Waals surface area contributed by atoms with Crippen molar-refractivity contribution in [1.29, 1.82) is 0 Å². The molecule has 1 unspecified atom stereocenters. The molecule has 0 heterocycles. The molecule has 1 nitrogen and oxygen atoms in total. The van der Waals surface area contributed by atoms with Gasteiger partial charge in [-0.25, -0.2) is 0 Å². The van der Waals surface area contributed by atoms with Gasteiger partial charge in [0, 0.05) is 11.1 Å². The van der Waals surface area contributed by atoms with Gasteiger partial charge in [0.25, 0.3) is 0 Å². The molecule has 1 N–H and O–H groups in total. The van der Waals surface area contributed by atoms with Gasteiger partial charge in [0.15, 0.2) is 0 Å². The monoisotopic (exact) mass is 265 g/mol. The third kappa shape index (κ3) is 3.73. The highest BCUT2D eigenvalue weighted by atomic mass is 35.5. The fraction of sp³-hybridized carbons (Fsp3) is 0.625. The van der Waals surface area contributed by atoms with Gasteiger partial charge < -0.3 is 5.32 Å². The summed E-state index contributed by atoms with van der Waals surface area (Å²) in [6.07, 6.45) is 5.32. The highest BCUT2D eigenvalue weighted by Gasteiger charge is 2.27. The maximum atomic E-state index is 6.28. The van der Waals surface area contributed by atoms with Crippen molar-refractivity contribution in [3.63, 3.8) is 0 Å². The van der Waals surface area contributed by atoms with Gasteiger partial charge in [-0.3, -0.25) is 0 Å². The Hall–Kier alpha value is -0.530. The second kappa shape index (κ2) is 6.58. The van der Waals surface area contributed by atoms with E-state index in [0.29, 0.717) is 6.04 Å². The van der Waals surface area contributed by atoms with Gasteiger partial charge in [0.05, 0.1) is 0 Å². The Morgan fingerprint density at radius 1 is 1.28 bits per heavy atom. The smallest absolute Gasteiger partial charge is 0.0438 e. The van der Waals surface area contributed by atoms with E-state index in [-0.39, 0.29) is 0 Å². The van der Waals surface area contributed by atoms with Gasteiger partial charge in [0.2, 0.25) is 0 Å². The van der Waals surface area contributed by atoms with E-state index in [1.165, 1.54) is 24.8 Å². The molecular weight excluding hydrogens is 242 g/mol. The molecule has 1 aromatic rings. The van der Waals surface area contributed by atoms with Crippen LogP contribution in [0.25, 0.3) is 0 Å². The lowest BCUT2D eigenvalue weighted by Crippen LogP contribution is -2.36. The number of rotatable bonds is 6. The maximum Gasteiger partial charge on any atom is 0.0438 e. The zero-order valence-corrected chi connectivity index (χ0v) is 12.2. The van der Waals surface area contributed by atoms with E-state index in [1.807, 2.05) is 12.1 Å². The van der Waals surface area contributed by atoms with E-state index in [2.05, 4.69) is 31.3 Å². The first-order valence-corrected chi connectivity index (χ1v) is 7.51. The number of benzene rings is 1. The molecule has 2 heteroatoms. The topological polar surface area (TPSA) is 12.0 Å². The summed E-state index contributed by atoms with van der Waals surface area (Å²) in [6, 6.07) is 8.85. The van der Waals surface area contributed by atoms with Crippen molar-refractivity contribution >= 4 is 11.6 Å². The van der Waals surface area contributed by atoms with Crippen LogP contribution in [-0.2, 0) is 6.42 Å². The highest BCUT2D eigenvalue weighted by molar-refractivity contribution is 6.31. The standard InChI is InChI=1S/C16H24ClN/c1-12(2)18-11-15(13-7-5-8-13)10-14-6-3-4-9-16(14)17/h3-4,6,9,12-13,15,18H,5,7-8,10-11H2,1-2H3. The largest absolute Gasteiger partial charge is 0.314 e. The number of nitrogens with one attached hydrogen (secondary N) is 1. The molecule has 0 amide bonds. The average Bonchev–Trinajstić information content (AvgIpc) is 2.26. The summed E-state index contributed by atoms with van der Waals surface area (Å²) in [5, 5.41) is 4.51. The van der Waals surface area contributed by atoms with Gasteiger partial charge in [-0.1, -0.05) is 62.9 Å². The van der Waals surface area contributed by atoms with Gasteiger partial charge in [0.1, 0.15) is 0 Å². The third-order valence-electron chi connectivity index (χ3n) is 4.04. The molecule has 18 heavy (non-hydrogen) atoms. The minimum atomic E-state index is 0.568. The van der Waals surface area contributed by atoms with Crippen LogP contribution in [0.2, 0.25) is 5.02 Å². The first kappa shape index (κ1) is 13.9. The summed E-state index contributed by atoms with van der Waals surface area (Å²) >= 11 is 6.28. The van der Waals surface area contributed by atoms with Crippen molar-refractivity contribution in [1.82, 2.24) is 5.32 Å². The summed E-state index contributed by atoms with van der Waals surface area (Å²) in [5.41, 5.74) is 1.31. The van der Waals surface area contributed by atoms with Gasteiger partial charge >= 0.3 is 0 Å². The molecule has 1 aliphatic rings. The van der Waals surface area contributed by atoms with Crippen molar-refractivity contribution in [2.45, 2.75) is 45.6 Å².